The number of ketones is 1. The van der Waals surface area contributed by atoms with Gasteiger partial charge in [0.1, 0.15) is 0 Å². The van der Waals surface area contributed by atoms with Crippen molar-refractivity contribution in [1.82, 2.24) is 0 Å². The van der Waals surface area contributed by atoms with E-state index >= 15 is 0 Å². The highest BCUT2D eigenvalue weighted by molar-refractivity contribution is 6.03. The number of fused-ring (bicyclic) bond motifs is 1. The van der Waals surface area contributed by atoms with E-state index < -0.39 is 0 Å². The summed E-state index contributed by atoms with van der Waals surface area (Å²) in [4.78, 5) is 26.0. The van der Waals surface area contributed by atoms with Crippen molar-refractivity contribution in [2.24, 2.45) is 5.92 Å². The lowest BCUT2D eigenvalue weighted by Gasteiger charge is -2.23. The van der Waals surface area contributed by atoms with Gasteiger partial charge < -0.3 is 4.74 Å². The third-order valence-electron chi connectivity index (χ3n) is 5.39. The van der Waals surface area contributed by atoms with Crippen LogP contribution in [0, 0.1) is 5.92 Å². The van der Waals surface area contributed by atoms with Gasteiger partial charge in [0.2, 0.25) is 0 Å². The van der Waals surface area contributed by atoms with Crippen LogP contribution >= 0.6 is 0 Å². The lowest BCUT2D eigenvalue weighted by atomic mass is 9.79. The number of carbonyl (C=O) groups is 2. The lowest BCUT2D eigenvalue weighted by molar-refractivity contribution is -0.138. The molecule has 3 aromatic rings. The summed E-state index contributed by atoms with van der Waals surface area (Å²) in [5.41, 5.74) is 2.27. The first kappa shape index (κ1) is 18.2. The van der Waals surface area contributed by atoms with E-state index in [1.54, 1.807) is 6.92 Å². The predicted octanol–water partition coefficient (Wildman–Crippen LogP) is 5.32. The fraction of sp³-hybridized carbons (Fsp3) is 0.200. The van der Waals surface area contributed by atoms with Crippen molar-refractivity contribution in [2.45, 2.75) is 19.3 Å². The molecule has 2 unspecified atom stereocenters. The molecule has 2 atom stereocenters. The molecule has 0 amide bonds. The van der Waals surface area contributed by atoms with Crippen molar-refractivity contribution in [3.05, 3.63) is 95.6 Å². The van der Waals surface area contributed by atoms with Gasteiger partial charge in [0.05, 0.1) is 6.61 Å². The van der Waals surface area contributed by atoms with Crippen molar-refractivity contribution < 1.29 is 14.3 Å². The monoisotopic (exact) mass is 370 g/mol. The summed E-state index contributed by atoms with van der Waals surface area (Å²) in [7, 11) is 0. The molecule has 4 rings (SSSR count). The van der Waals surface area contributed by atoms with Gasteiger partial charge in [0.25, 0.3) is 0 Å². The summed E-state index contributed by atoms with van der Waals surface area (Å²) >= 11 is 0. The van der Waals surface area contributed by atoms with E-state index in [1.165, 1.54) is 0 Å². The molecule has 0 bridgehead atoms. The molecule has 3 nitrogen and oxygen atoms in total. The predicted molar refractivity (Wildman–Crippen MR) is 110 cm³/mol. The van der Waals surface area contributed by atoms with Crippen LogP contribution in [0.3, 0.4) is 0 Å². The first-order valence-corrected chi connectivity index (χ1v) is 9.64. The Morgan fingerprint density at radius 2 is 1.64 bits per heavy atom. The van der Waals surface area contributed by atoms with E-state index in [0.717, 1.165) is 16.3 Å². The lowest BCUT2D eigenvalue weighted by Crippen LogP contribution is -2.23. The Kier molecular flexibility index (Phi) is 5.07. The minimum Gasteiger partial charge on any atom is -0.463 e. The molecule has 0 heterocycles. The topological polar surface area (TPSA) is 43.4 Å². The molecule has 0 saturated heterocycles. The zero-order valence-corrected chi connectivity index (χ0v) is 15.8. The molecule has 0 fully saturated rings. The number of carbonyl (C=O) groups excluding carboxylic acids is 2. The van der Waals surface area contributed by atoms with Gasteiger partial charge in [-0.1, -0.05) is 78.9 Å². The number of Topliss-reactive ketones (excluding diaryl/α,β-unsaturated/α-hetero) is 1. The number of hydrogen-bond donors (Lipinski definition) is 0. The molecule has 0 aromatic heterocycles. The number of allylic oxidation sites excluding steroid dienone is 1. The van der Waals surface area contributed by atoms with Gasteiger partial charge in [-0.2, -0.15) is 0 Å². The number of ether oxygens (including phenoxy) is 1. The zero-order valence-electron chi connectivity index (χ0n) is 15.8. The van der Waals surface area contributed by atoms with Crippen LogP contribution in [0.1, 0.15) is 35.2 Å². The maximum Gasteiger partial charge on any atom is 0.334 e. The zero-order chi connectivity index (χ0) is 19.5. The number of hydrogen-bond acceptors (Lipinski definition) is 3. The molecule has 1 aliphatic carbocycles. The summed E-state index contributed by atoms with van der Waals surface area (Å²) in [6, 6.07) is 23.5. The van der Waals surface area contributed by atoms with Crippen LogP contribution in [0.2, 0.25) is 0 Å². The second-order valence-corrected chi connectivity index (χ2v) is 7.00. The molecule has 0 aliphatic heterocycles. The fourth-order valence-electron chi connectivity index (χ4n) is 4.14. The normalized spacial score (nSPS) is 18.7. The van der Waals surface area contributed by atoms with E-state index in [1.807, 2.05) is 60.7 Å². The second-order valence-electron chi connectivity index (χ2n) is 7.00. The van der Waals surface area contributed by atoms with Crippen LogP contribution in [0.15, 0.2) is 84.4 Å². The van der Waals surface area contributed by atoms with Crippen molar-refractivity contribution in [2.75, 3.05) is 6.61 Å². The Bertz CT molecular complexity index is 1040. The molecule has 0 N–H and O–H groups in total. The molecule has 140 valence electrons. The quantitative estimate of drug-likeness (QED) is 0.451. The summed E-state index contributed by atoms with van der Waals surface area (Å²) < 4.78 is 5.30. The minimum atomic E-state index is -0.330. The highest BCUT2D eigenvalue weighted by atomic mass is 16.5. The summed E-state index contributed by atoms with van der Waals surface area (Å²) in [5.74, 6) is -0.886. The van der Waals surface area contributed by atoms with Crippen molar-refractivity contribution in [1.29, 1.82) is 0 Å². The van der Waals surface area contributed by atoms with E-state index in [0.29, 0.717) is 24.2 Å². The van der Waals surface area contributed by atoms with Crippen LogP contribution < -0.4 is 0 Å². The van der Waals surface area contributed by atoms with Crippen molar-refractivity contribution >= 4 is 22.5 Å². The Morgan fingerprint density at radius 3 is 2.43 bits per heavy atom. The smallest absolute Gasteiger partial charge is 0.334 e. The molecule has 28 heavy (non-hydrogen) atoms. The van der Waals surface area contributed by atoms with Gasteiger partial charge in [-0.25, -0.2) is 4.79 Å². The summed E-state index contributed by atoms with van der Waals surface area (Å²) in [5, 5.41) is 2.17. The van der Waals surface area contributed by atoms with Crippen LogP contribution in [0.25, 0.3) is 10.8 Å². The molecule has 0 spiro atoms. The van der Waals surface area contributed by atoms with E-state index in [-0.39, 0.29) is 23.6 Å². The van der Waals surface area contributed by atoms with Gasteiger partial charge in [0.15, 0.2) is 5.78 Å². The van der Waals surface area contributed by atoms with Gasteiger partial charge in [-0.15, -0.1) is 0 Å². The number of benzene rings is 3. The highest BCUT2D eigenvalue weighted by Gasteiger charge is 2.40. The molecule has 1 aliphatic rings. The fourth-order valence-corrected chi connectivity index (χ4v) is 4.14. The number of rotatable bonds is 5. The molecular formula is C25H22O3. The largest absolute Gasteiger partial charge is 0.463 e. The molecular weight excluding hydrogens is 348 g/mol. The first-order valence-electron chi connectivity index (χ1n) is 9.64. The van der Waals surface area contributed by atoms with Crippen molar-refractivity contribution in [3.8, 4) is 0 Å². The molecule has 3 heteroatoms. The Balaban J connectivity index is 1.82. The van der Waals surface area contributed by atoms with Crippen LogP contribution in [-0.2, 0) is 9.53 Å². The average molecular weight is 370 g/mol. The molecule has 3 aromatic carbocycles. The summed E-state index contributed by atoms with van der Waals surface area (Å²) in [6.45, 7) is 2.11. The molecule has 0 saturated carbocycles. The second kappa shape index (κ2) is 7.81. The third kappa shape index (κ3) is 3.24. The maximum atomic E-state index is 13.3. The van der Waals surface area contributed by atoms with E-state index in [2.05, 4.69) is 18.2 Å². The summed E-state index contributed by atoms with van der Waals surface area (Å²) in [6.07, 6.45) is 2.42. The third-order valence-corrected chi connectivity index (χ3v) is 5.39. The maximum absolute atomic E-state index is 13.3. The van der Waals surface area contributed by atoms with Crippen LogP contribution in [-0.4, -0.2) is 18.4 Å². The Labute approximate surface area is 164 Å². The Hall–Kier alpha value is -3.20. The minimum absolute atomic E-state index is 0.0640. The van der Waals surface area contributed by atoms with Gasteiger partial charge in [-0.3, -0.25) is 4.79 Å². The standard InChI is InChI=1S/C25H22O3/c1-2-28-25(27)22-16-15-21(24(26)18-10-4-3-5-11-18)23(22)20-14-8-12-17-9-6-7-13-19(17)20/h3-14,16,21,23H,2,15H2,1H3. The van der Waals surface area contributed by atoms with E-state index in [4.69, 9.17) is 4.74 Å². The first-order chi connectivity index (χ1) is 13.7. The van der Waals surface area contributed by atoms with Gasteiger partial charge in [-0.05, 0) is 29.7 Å². The SMILES string of the molecule is CCOC(=O)C1=CCC(C(=O)c2ccccc2)C1c1cccc2ccccc12. The van der Waals surface area contributed by atoms with Crippen LogP contribution in [0.5, 0.6) is 0 Å². The van der Waals surface area contributed by atoms with Crippen LogP contribution in [0.4, 0.5) is 0 Å². The number of esters is 1. The van der Waals surface area contributed by atoms with E-state index in [9.17, 15) is 9.59 Å². The van der Waals surface area contributed by atoms with Gasteiger partial charge in [0, 0.05) is 23.0 Å². The highest BCUT2D eigenvalue weighted by Crippen LogP contribution is 2.44. The Morgan fingerprint density at radius 1 is 0.929 bits per heavy atom. The average Bonchev–Trinajstić information content (AvgIpc) is 3.18. The van der Waals surface area contributed by atoms with Gasteiger partial charge >= 0.3 is 5.97 Å². The molecule has 0 radical (unpaired) electrons. The van der Waals surface area contributed by atoms with Crippen molar-refractivity contribution in [3.63, 3.8) is 0 Å².